The molecule has 4 nitrogen and oxygen atoms in total. The minimum absolute atomic E-state index is 0.160. The van der Waals surface area contributed by atoms with E-state index in [1.807, 2.05) is 31.5 Å². The Morgan fingerprint density at radius 1 is 1.27 bits per heavy atom. The van der Waals surface area contributed by atoms with Gasteiger partial charge in [0, 0.05) is 50.3 Å². The minimum Gasteiger partial charge on any atom is -0.368 e. The Kier molecular flexibility index (Phi) is 6.19. The summed E-state index contributed by atoms with van der Waals surface area (Å²) >= 11 is 0. The standard InChI is InChI=1S/C27H34F2N4/c1-3-19(15-32-18(2)26-30-10-7-11-31-26)21-14-22(21)20-12-23(28)25(29)24(13-20)33-16-27(17-33)8-5-4-6-9-27/h3,10,13,15,21-23H,1,4-9,11-12,14,16-17H2,2H3/b19-15+,32-18+. The first-order valence-corrected chi connectivity index (χ1v) is 12.4. The molecule has 2 heterocycles. The van der Waals surface area contributed by atoms with Crippen molar-refractivity contribution < 1.29 is 8.78 Å². The van der Waals surface area contributed by atoms with Crippen molar-refractivity contribution >= 4 is 17.8 Å². The first-order valence-electron chi connectivity index (χ1n) is 12.4. The summed E-state index contributed by atoms with van der Waals surface area (Å²) in [6.07, 6.45) is 14.2. The molecule has 33 heavy (non-hydrogen) atoms. The van der Waals surface area contributed by atoms with Gasteiger partial charge in [0.15, 0.2) is 17.8 Å². The van der Waals surface area contributed by atoms with Crippen LogP contribution in [0.1, 0.15) is 58.3 Å². The largest absolute Gasteiger partial charge is 0.368 e. The summed E-state index contributed by atoms with van der Waals surface area (Å²) < 4.78 is 29.5. The highest BCUT2D eigenvalue weighted by Gasteiger charge is 2.47. The maximum absolute atomic E-state index is 14.8. The first kappa shape index (κ1) is 22.4. The van der Waals surface area contributed by atoms with Crippen molar-refractivity contribution in [1.82, 2.24) is 4.90 Å². The van der Waals surface area contributed by atoms with Crippen LogP contribution < -0.4 is 0 Å². The number of amidine groups is 1. The molecule has 3 unspecified atom stereocenters. The highest BCUT2D eigenvalue weighted by atomic mass is 19.2. The molecule has 0 aromatic carbocycles. The molecule has 0 aromatic rings. The van der Waals surface area contributed by atoms with Crippen molar-refractivity contribution in [3.05, 3.63) is 47.6 Å². The van der Waals surface area contributed by atoms with E-state index in [9.17, 15) is 8.78 Å². The van der Waals surface area contributed by atoms with Crippen LogP contribution in [0.4, 0.5) is 8.78 Å². The third kappa shape index (κ3) is 4.53. The molecule has 0 aromatic heterocycles. The van der Waals surface area contributed by atoms with Gasteiger partial charge in [-0.1, -0.05) is 37.5 Å². The van der Waals surface area contributed by atoms with Crippen LogP contribution >= 0.6 is 0 Å². The lowest BCUT2D eigenvalue weighted by Gasteiger charge is -2.54. The van der Waals surface area contributed by atoms with Gasteiger partial charge in [0.2, 0.25) is 0 Å². The molecule has 0 bridgehead atoms. The highest BCUT2D eigenvalue weighted by Crippen LogP contribution is 2.53. The SMILES string of the molecule is C=C/C(=C\N=C(/C)C1=NCCC=N1)C1CC1C1=CC(N2CC3(CCCCC3)C2)=C(F)C(F)C1. The minimum atomic E-state index is -1.53. The number of aliphatic imine (C=N–C) groups is 3. The Morgan fingerprint density at radius 2 is 2.06 bits per heavy atom. The number of allylic oxidation sites excluding steroid dienone is 5. The van der Waals surface area contributed by atoms with Crippen LogP contribution in [0.15, 0.2) is 62.6 Å². The van der Waals surface area contributed by atoms with Crippen molar-refractivity contribution in [3.8, 4) is 0 Å². The monoisotopic (exact) mass is 452 g/mol. The molecule has 0 amide bonds. The van der Waals surface area contributed by atoms with E-state index in [0.717, 1.165) is 49.3 Å². The average Bonchev–Trinajstić information content (AvgIpc) is 3.61. The van der Waals surface area contributed by atoms with Crippen LogP contribution in [-0.4, -0.2) is 48.5 Å². The number of halogens is 2. The molecule has 5 rings (SSSR count). The van der Waals surface area contributed by atoms with E-state index >= 15 is 0 Å². The Bertz CT molecular complexity index is 986. The summed E-state index contributed by atoms with van der Waals surface area (Å²) in [5.74, 6) is 0.605. The Morgan fingerprint density at radius 3 is 2.76 bits per heavy atom. The topological polar surface area (TPSA) is 40.3 Å². The van der Waals surface area contributed by atoms with Gasteiger partial charge in [0.05, 0.1) is 11.4 Å². The second-order valence-corrected chi connectivity index (χ2v) is 10.3. The molecule has 0 N–H and O–H groups in total. The molecular formula is C27H34F2N4. The van der Waals surface area contributed by atoms with E-state index in [1.54, 1.807) is 0 Å². The second kappa shape index (κ2) is 9.11. The molecule has 176 valence electrons. The van der Waals surface area contributed by atoms with E-state index in [4.69, 9.17) is 0 Å². The lowest BCUT2D eigenvalue weighted by Crippen LogP contribution is -2.56. The molecule has 6 heteroatoms. The summed E-state index contributed by atoms with van der Waals surface area (Å²) in [5, 5.41) is 0. The summed E-state index contributed by atoms with van der Waals surface area (Å²) in [6, 6.07) is 0. The number of likely N-dealkylation sites (tertiary alicyclic amines) is 1. The molecule has 2 aliphatic heterocycles. The molecule has 3 fully saturated rings. The van der Waals surface area contributed by atoms with Gasteiger partial charge in [-0.2, -0.15) is 0 Å². The van der Waals surface area contributed by atoms with Crippen molar-refractivity contribution in [2.45, 2.75) is 64.5 Å². The van der Waals surface area contributed by atoms with Gasteiger partial charge in [-0.15, -0.1) is 0 Å². The zero-order chi connectivity index (χ0) is 23.0. The number of nitrogens with zero attached hydrogens (tertiary/aromatic N) is 4. The lowest BCUT2D eigenvalue weighted by atomic mass is 9.68. The third-order valence-corrected chi connectivity index (χ3v) is 7.96. The van der Waals surface area contributed by atoms with Crippen LogP contribution in [0.2, 0.25) is 0 Å². The summed E-state index contributed by atoms with van der Waals surface area (Å²) in [4.78, 5) is 15.4. The fourth-order valence-corrected chi connectivity index (χ4v) is 5.94. The molecule has 5 aliphatic rings. The van der Waals surface area contributed by atoms with Gasteiger partial charge in [-0.05, 0) is 49.7 Å². The lowest BCUT2D eigenvalue weighted by molar-refractivity contribution is -0.00431. The summed E-state index contributed by atoms with van der Waals surface area (Å²) in [5.41, 5.74) is 3.69. The molecular weight excluding hydrogens is 418 g/mol. The quantitative estimate of drug-likeness (QED) is 0.352. The maximum Gasteiger partial charge on any atom is 0.168 e. The molecule has 3 atom stereocenters. The zero-order valence-corrected chi connectivity index (χ0v) is 19.6. The van der Waals surface area contributed by atoms with Crippen LogP contribution in [0.5, 0.6) is 0 Å². The fraction of sp³-hybridized carbons (Fsp3) is 0.593. The van der Waals surface area contributed by atoms with Crippen LogP contribution in [-0.2, 0) is 0 Å². The maximum atomic E-state index is 14.8. The van der Waals surface area contributed by atoms with Gasteiger partial charge in [0.25, 0.3) is 0 Å². The predicted molar refractivity (Wildman–Crippen MR) is 131 cm³/mol. The predicted octanol–water partition coefficient (Wildman–Crippen LogP) is 6.14. The Balaban J connectivity index is 1.27. The summed E-state index contributed by atoms with van der Waals surface area (Å²) in [7, 11) is 0. The van der Waals surface area contributed by atoms with Crippen molar-refractivity contribution in [1.29, 1.82) is 0 Å². The Labute approximate surface area is 195 Å². The fourth-order valence-electron chi connectivity index (χ4n) is 5.94. The van der Waals surface area contributed by atoms with E-state index in [2.05, 4.69) is 26.5 Å². The molecule has 1 spiro atoms. The van der Waals surface area contributed by atoms with Gasteiger partial charge >= 0.3 is 0 Å². The first-order chi connectivity index (χ1) is 16.0. The van der Waals surface area contributed by atoms with Crippen molar-refractivity contribution in [2.75, 3.05) is 19.6 Å². The number of rotatable bonds is 6. The smallest absolute Gasteiger partial charge is 0.168 e. The normalized spacial score (nSPS) is 31.8. The van der Waals surface area contributed by atoms with Crippen molar-refractivity contribution in [3.63, 3.8) is 0 Å². The van der Waals surface area contributed by atoms with Gasteiger partial charge in [0.1, 0.15) is 0 Å². The number of hydrogen-bond donors (Lipinski definition) is 0. The van der Waals surface area contributed by atoms with Crippen LogP contribution in [0, 0.1) is 17.3 Å². The summed E-state index contributed by atoms with van der Waals surface area (Å²) in [6.45, 7) is 8.37. The molecule has 2 saturated carbocycles. The van der Waals surface area contributed by atoms with Crippen LogP contribution in [0.25, 0.3) is 0 Å². The molecule has 0 radical (unpaired) electrons. The molecule has 3 aliphatic carbocycles. The van der Waals surface area contributed by atoms with Crippen molar-refractivity contribution in [2.24, 2.45) is 32.2 Å². The Hall–Kier alpha value is -2.37. The van der Waals surface area contributed by atoms with Gasteiger partial charge in [-0.25, -0.2) is 13.8 Å². The third-order valence-electron chi connectivity index (χ3n) is 7.96. The van der Waals surface area contributed by atoms with Gasteiger partial charge in [-0.3, -0.25) is 9.98 Å². The van der Waals surface area contributed by atoms with Gasteiger partial charge < -0.3 is 4.90 Å². The average molecular weight is 453 g/mol. The van der Waals surface area contributed by atoms with E-state index in [0.29, 0.717) is 16.9 Å². The highest BCUT2D eigenvalue weighted by molar-refractivity contribution is 6.42. The van der Waals surface area contributed by atoms with E-state index in [1.165, 1.54) is 32.1 Å². The number of hydrogen-bond acceptors (Lipinski definition) is 4. The van der Waals surface area contributed by atoms with Crippen LogP contribution in [0.3, 0.4) is 0 Å². The van der Waals surface area contributed by atoms with E-state index in [-0.39, 0.29) is 18.3 Å². The molecule has 1 saturated heterocycles. The number of alkyl halides is 1. The second-order valence-electron chi connectivity index (χ2n) is 10.3. The zero-order valence-electron chi connectivity index (χ0n) is 19.6. The van der Waals surface area contributed by atoms with E-state index < -0.39 is 12.0 Å².